The number of allylic oxidation sites excluding steroid dienone is 2. The Morgan fingerprint density at radius 1 is 1.33 bits per heavy atom. The first kappa shape index (κ1) is 17.4. The predicted molar refractivity (Wildman–Crippen MR) is 103 cm³/mol. The molecule has 1 aromatic carbocycles. The molecular formula is C21H22N4O2. The Hall–Kier alpha value is -3.04. The zero-order valence-corrected chi connectivity index (χ0v) is 15.4. The maximum atomic E-state index is 12.8. The minimum Gasteiger partial charge on any atom is -0.497 e. The molecule has 4 rings (SSSR count). The van der Waals surface area contributed by atoms with Gasteiger partial charge in [-0.25, -0.2) is 4.68 Å². The predicted octanol–water partition coefficient (Wildman–Crippen LogP) is 2.70. The minimum atomic E-state index is 0.0152. The van der Waals surface area contributed by atoms with Crippen LogP contribution in [0.5, 0.6) is 5.75 Å². The largest absolute Gasteiger partial charge is 0.497 e. The maximum absolute atomic E-state index is 12.8. The zero-order valence-electron chi connectivity index (χ0n) is 15.4. The van der Waals surface area contributed by atoms with Crippen LogP contribution in [0.15, 0.2) is 52.4 Å². The van der Waals surface area contributed by atoms with E-state index in [9.17, 15) is 4.79 Å². The number of fused-ring (bicyclic) bond motifs is 1. The second-order valence-corrected chi connectivity index (χ2v) is 6.97. The summed E-state index contributed by atoms with van der Waals surface area (Å²) < 4.78 is 6.87. The van der Waals surface area contributed by atoms with Gasteiger partial charge in [0.05, 0.1) is 24.6 Å². The highest BCUT2D eigenvalue weighted by molar-refractivity contribution is 5.40. The van der Waals surface area contributed by atoms with Crippen molar-refractivity contribution < 1.29 is 4.74 Å². The van der Waals surface area contributed by atoms with E-state index >= 15 is 0 Å². The normalized spacial score (nSPS) is 16.9. The van der Waals surface area contributed by atoms with Gasteiger partial charge in [0.25, 0.3) is 5.56 Å². The molecule has 1 aliphatic carbocycles. The second-order valence-electron chi connectivity index (χ2n) is 6.97. The SMILES string of the molecule is COc1cccc(-n2[nH]c3c(c2=O)CCN(CC2=CCCC(C#N)=C2)C3)c1. The lowest BCUT2D eigenvalue weighted by atomic mass is 9.99. The van der Waals surface area contributed by atoms with Crippen molar-refractivity contribution in [3.8, 4) is 17.5 Å². The minimum absolute atomic E-state index is 0.0152. The summed E-state index contributed by atoms with van der Waals surface area (Å²) in [6.07, 6.45) is 6.70. The van der Waals surface area contributed by atoms with Crippen LogP contribution in [0.2, 0.25) is 0 Å². The summed E-state index contributed by atoms with van der Waals surface area (Å²) in [6.45, 7) is 2.34. The number of rotatable bonds is 4. The van der Waals surface area contributed by atoms with Crippen molar-refractivity contribution in [2.75, 3.05) is 20.2 Å². The molecule has 0 bridgehead atoms. The molecule has 0 radical (unpaired) electrons. The van der Waals surface area contributed by atoms with Gasteiger partial charge >= 0.3 is 0 Å². The van der Waals surface area contributed by atoms with Crippen molar-refractivity contribution in [3.05, 3.63) is 69.2 Å². The molecule has 0 saturated carbocycles. The van der Waals surface area contributed by atoms with Crippen molar-refractivity contribution in [1.29, 1.82) is 5.26 Å². The molecule has 0 unspecified atom stereocenters. The summed E-state index contributed by atoms with van der Waals surface area (Å²) in [6, 6.07) is 9.75. The number of aromatic amines is 1. The van der Waals surface area contributed by atoms with E-state index in [4.69, 9.17) is 10.00 Å². The number of nitriles is 1. The van der Waals surface area contributed by atoms with E-state index in [1.165, 1.54) is 5.57 Å². The quantitative estimate of drug-likeness (QED) is 0.907. The Balaban J connectivity index is 1.55. The van der Waals surface area contributed by atoms with Crippen LogP contribution in [-0.4, -0.2) is 34.9 Å². The number of H-pyrrole nitrogens is 1. The van der Waals surface area contributed by atoms with Gasteiger partial charge in [-0.15, -0.1) is 0 Å². The van der Waals surface area contributed by atoms with Crippen LogP contribution in [0.25, 0.3) is 5.69 Å². The number of nitrogens with zero attached hydrogens (tertiary/aromatic N) is 3. The molecule has 27 heavy (non-hydrogen) atoms. The van der Waals surface area contributed by atoms with E-state index < -0.39 is 0 Å². The van der Waals surface area contributed by atoms with Gasteiger partial charge in [0.2, 0.25) is 0 Å². The third kappa shape index (κ3) is 3.46. The van der Waals surface area contributed by atoms with Crippen LogP contribution in [0.4, 0.5) is 0 Å². The molecule has 2 aliphatic rings. The lowest BCUT2D eigenvalue weighted by Crippen LogP contribution is -2.33. The standard InChI is InChI=1S/C21H22N4O2/c1-27-18-7-3-6-17(11-18)25-21(26)19-8-9-24(14-20(19)23-25)13-16-5-2-4-15(10-16)12-22/h3,5-7,10-11,23H,2,4,8-9,13-14H2,1H3. The van der Waals surface area contributed by atoms with Crippen LogP contribution >= 0.6 is 0 Å². The summed E-state index contributed by atoms with van der Waals surface area (Å²) in [7, 11) is 1.62. The van der Waals surface area contributed by atoms with Gasteiger partial charge in [0.15, 0.2) is 0 Å². The van der Waals surface area contributed by atoms with Crippen LogP contribution in [-0.2, 0) is 13.0 Å². The molecular weight excluding hydrogens is 340 g/mol. The van der Waals surface area contributed by atoms with Crippen molar-refractivity contribution >= 4 is 0 Å². The van der Waals surface area contributed by atoms with Gasteiger partial charge in [-0.3, -0.25) is 14.8 Å². The molecule has 1 aromatic heterocycles. The van der Waals surface area contributed by atoms with Crippen molar-refractivity contribution in [1.82, 2.24) is 14.7 Å². The average molecular weight is 362 g/mol. The summed E-state index contributed by atoms with van der Waals surface area (Å²) in [5.41, 5.74) is 4.66. The molecule has 0 spiro atoms. The van der Waals surface area contributed by atoms with Gasteiger partial charge in [0, 0.05) is 36.8 Å². The lowest BCUT2D eigenvalue weighted by Gasteiger charge is -2.27. The van der Waals surface area contributed by atoms with Crippen molar-refractivity contribution in [2.24, 2.45) is 0 Å². The van der Waals surface area contributed by atoms with E-state index in [2.05, 4.69) is 22.1 Å². The zero-order chi connectivity index (χ0) is 18.8. The van der Waals surface area contributed by atoms with Gasteiger partial charge in [0.1, 0.15) is 5.75 Å². The highest BCUT2D eigenvalue weighted by Gasteiger charge is 2.23. The van der Waals surface area contributed by atoms with Crippen LogP contribution < -0.4 is 10.3 Å². The Kier molecular flexibility index (Phi) is 4.69. The summed E-state index contributed by atoms with van der Waals surface area (Å²) in [5, 5.41) is 12.4. The first-order chi connectivity index (χ1) is 13.2. The molecule has 0 amide bonds. The summed E-state index contributed by atoms with van der Waals surface area (Å²) >= 11 is 0. The molecule has 2 aromatic rings. The average Bonchev–Trinajstić information content (AvgIpc) is 3.04. The van der Waals surface area contributed by atoms with E-state index in [0.717, 1.165) is 60.6 Å². The molecule has 0 saturated heterocycles. The molecule has 0 fully saturated rings. The van der Waals surface area contributed by atoms with E-state index in [1.807, 2.05) is 30.3 Å². The number of methoxy groups -OCH3 is 1. The lowest BCUT2D eigenvalue weighted by molar-refractivity contribution is 0.273. The number of benzene rings is 1. The van der Waals surface area contributed by atoms with Gasteiger partial charge in [-0.2, -0.15) is 5.26 Å². The van der Waals surface area contributed by atoms with Gasteiger partial charge < -0.3 is 4.74 Å². The smallest absolute Gasteiger partial charge is 0.274 e. The molecule has 6 heteroatoms. The Morgan fingerprint density at radius 2 is 2.22 bits per heavy atom. The summed E-state index contributed by atoms with van der Waals surface area (Å²) in [5.74, 6) is 0.720. The van der Waals surface area contributed by atoms with Crippen molar-refractivity contribution in [2.45, 2.75) is 25.8 Å². The Bertz CT molecular complexity index is 1020. The number of nitrogens with one attached hydrogen (secondary N) is 1. The Labute approximate surface area is 158 Å². The molecule has 1 N–H and O–H groups in total. The van der Waals surface area contributed by atoms with Gasteiger partial charge in [-0.05, 0) is 43.0 Å². The van der Waals surface area contributed by atoms with Crippen LogP contribution in [0, 0.1) is 11.3 Å². The van der Waals surface area contributed by atoms with E-state index in [1.54, 1.807) is 11.8 Å². The fourth-order valence-electron chi connectivity index (χ4n) is 3.77. The number of hydrogen-bond donors (Lipinski definition) is 1. The molecule has 138 valence electrons. The fraction of sp³-hybridized carbons (Fsp3) is 0.333. The fourth-order valence-corrected chi connectivity index (χ4v) is 3.77. The van der Waals surface area contributed by atoms with E-state index in [0.29, 0.717) is 6.54 Å². The maximum Gasteiger partial charge on any atom is 0.274 e. The first-order valence-corrected chi connectivity index (χ1v) is 9.17. The molecule has 1 aliphatic heterocycles. The monoisotopic (exact) mass is 362 g/mol. The summed E-state index contributed by atoms with van der Waals surface area (Å²) in [4.78, 5) is 15.1. The Morgan fingerprint density at radius 3 is 3.04 bits per heavy atom. The second kappa shape index (κ2) is 7.29. The third-order valence-electron chi connectivity index (χ3n) is 5.17. The number of aromatic nitrogens is 2. The van der Waals surface area contributed by atoms with Crippen LogP contribution in [0.1, 0.15) is 24.1 Å². The number of ether oxygens (including phenoxy) is 1. The van der Waals surface area contributed by atoms with E-state index in [-0.39, 0.29) is 5.56 Å². The molecule has 6 nitrogen and oxygen atoms in total. The van der Waals surface area contributed by atoms with Gasteiger partial charge in [-0.1, -0.05) is 12.1 Å². The highest BCUT2D eigenvalue weighted by Crippen LogP contribution is 2.22. The first-order valence-electron chi connectivity index (χ1n) is 9.17. The molecule has 2 heterocycles. The molecule has 0 atom stereocenters. The topological polar surface area (TPSA) is 74.0 Å². The third-order valence-corrected chi connectivity index (χ3v) is 5.17. The van der Waals surface area contributed by atoms with Crippen LogP contribution in [0.3, 0.4) is 0 Å². The number of hydrogen-bond acceptors (Lipinski definition) is 4. The highest BCUT2D eigenvalue weighted by atomic mass is 16.5. The van der Waals surface area contributed by atoms with Crippen molar-refractivity contribution in [3.63, 3.8) is 0 Å².